The summed E-state index contributed by atoms with van der Waals surface area (Å²) in [7, 11) is 5.56. The minimum atomic E-state index is 0.546. The fourth-order valence-corrected chi connectivity index (χ4v) is 3.77. The lowest BCUT2D eigenvalue weighted by atomic mass is 10.3. The fourth-order valence-electron chi connectivity index (χ4n) is 0.928. The van der Waals surface area contributed by atoms with Gasteiger partial charge in [-0.3, -0.25) is 0 Å². The second kappa shape index (κ2) is 5.63. The van der Waals surface area contributed by atoms with Crippen LogP contribution in [0.1, 0.15) is 12.8 Å². The Hall–Kier alpha value is 1.01. The predicted octanol–water partition coefficient (Wildman–Crippen LogP) is 2.82. The van der Waals surface area contributed by atoms with Gasteiger partial charge in [-0.15, -0.1) is 0 Å². The van der Waals surface area contributed by atoms with Gasteiger partial charge in [0.15, 0.2) is 0 Å². The third-order valence-electron chi connectivity index (χ3n) is 1.39. The Balaban J connectivity index is 1.91. The number of hydrogen-bond donors (Lipinski definition) is 0. The van der Waals surface area contributed by atoms with Crippen LogP contribution >= 0.6 is 31.4 Å². The van der Waals surface area contributed by atoms with Gasteiger partial charge < -0.3 is 4.74 Å². The number of rotatable bonds is 4. The third kappa shape index (κ3) is 3.42. The first kappa shape index (κ1) is 9.10. The molecular weight excluding hydrogens is 184 g/mol. The Bertz CT molecular complexity index is 83.1. The molecular formula is C6H12OS3. The van der Waals surface area contributed by atoms with E-state index < -0.39 is 0 Å². The highest BCUT2D eigenvalue weighted by atomic mass is 33.5. The molecule has 0 amide bonds. The maximum Gasteiger partial charge on any atom is 0.0674 e. The first-order chi connectivity index (χ1) is 4.93. The molecule has 60 valence electrons. The molecule has 1 unspecified atom stereocenters. The number of ether oxygens (including phenoxy) is 1. The van der Waals surface area contributed by atoms with Crippen molar-refractivity contribution in [2.45, 2.75) is 18.9 Å². The molecule has 0 bridgehead atoms. The van der Waals surface area contributed by atoms with Gasteiger partial charge in [0.05, 0.1) is 6.10 Å². The van der Waals surface area contributed by atoms with Gasteiger partial charge in [0, 0.05) is 12.4 Å². The van der Waals surface area contributed by atoms with Crippen LogP contribution in [0.15, 0.2) is 0 Å². The smallest absolute Gasteiger partial charge is 0.0674 e. The van der Waals surface area contributed by atoms with E-state index in [-0.39, 0.29) is 0 Å². The zero-order valence-corrected chi connectivity index (χ0v) is 8.49. The van der Waals surface area contributed by atoms with Crippen LogP contribution in [0, 0.1) is 0 Å². The molecule has 0 aromatic carbocycles. The maximum absolute atomic E-state index is 5.46. The summed E-state index contributed by atoms with van der Waals surface area (Å²) in [6.07, 6.45) is 5.18. The van der Waals surface area contributed by atoms with E-state index in [9.17, 15) is 0 Å². The second-order valence-electron chi connectivity index (χ2n) is 2.15. The summed E-state index contributed by atoms with van der Waals surface area (Å²) in [5.41, 5.74) is 0. The molecule has 1 heterocycles. The second-order valence-corrected chi connectivity index (χ2v) is 6.53. The van der Waals surface area contributed by atoms with Crippen LogP contribution in [0.5, 0.6) is 0 Å². The Morgan fingerprint density at radius 2 is 2.50 bits per heavy atom. The van der Waals surface area contributed by atoms with E-state index in [2.05, 4.69) is 6.26 Å². The van der Waals surface area contributed by atoms with Crippen LogP contribution < -0.4 is 0 Å². The van der Waals surface area contributed by atoms with Crippen LogP contribution in [-0.4, -0.2) is 24.7 Å². The predicted molar refractivity (Wildman–Crippen MR) is 52.5 cm³/mol. The molecule has 0 aliphatic carbocycles. The van der Waals surface area contributed by atoms with Crippen LogP contribution in [0.25, 0.3) is 0 Å². The number of hydrogen-bond acceptors (Lipinski definition) is 4. The lowest BCUT2D eigenvalue weighted by Gasteiger charge is -2.05. The largest absolute Gasteiger partial charge is 0.377 e. The van der Waals surface area contributed by atoms with Gasteiger partial charge in [-0.1, -0.05) is 21.6 Å². The first-order valence-corrected chi connectivity index (χ1v) is 7.43. The van der Waals surface area contributed by atoms with Crippen LogP contribution in [0.4, 0.5) is 0 Å². The minimum absolute atomic E-state index is 0.546. The standard InChI is InChI=1S/C6H12OS3/c1-8-10-9-5-6-3-2-4-7-6/h6H,2-5H2,1H3. The van der Waals surface area contributed by atoms with E-state index in [0.29, 0.717) is 6.10 Å². The molecule has 1 fully saturated rings. The van der Waals surface area contributed by atoms with Gasteiger partial charge >= 0.3 is 0 Å². The highest BCUT2D eigenvalue weighted by molar-refractivity contribution is 9.09. The van der Waals surface area contributed by atoms with Crippen molar-refractivity contribution in [2.75, 3.05) is 18.6 Å². The van der Waals surface area contributed by atoms with Crippen LogP contribution in [0.3, 0.4) is 0 Å². The zero-order valence-electron chi connectivity index (χ0n) is 6.04. The summed E-state index contributed by atoms with van der Waals surface area (Å²) in [6.45, 7) is 0.981. The molecule has 1 rings (SSSR count). The molecule has 0 radical (unpaired) electrons. The minimum Gasteiger partial charge on any atom is -0.377 e. The Morgan fingerprint density at radius 1 is 1.60 bits per heavy atom. The third-order valence-corrected chi connectivity index (χ3v) is 5.33. The van der Waals surface area contributed by atoms with Crippen molar-refractivity contribution in [1.29, 1.82) is 0 Å². The SMILES string of the molecule is CSSSCC1CCCO1. The average molecular weight is 196 g/mol. The van der Waals surface area contributed by atoms with Gasteiger partial charge in [-0.2, -0.15) is 0 Å². The van der Waals surface area contributed by atoms with Crippen molar-refractivity contribution in [1.82, 2.24) is 0 Å². The van der Waals surface area contributed by atoms with Crippen molar-refractivity contribution in [3.05, 3.63) is 0 Å². The van der Waals surface area contributed by atoms with Crippen molar-refractivity contribution < 1.29 is 4.74 Å². The van der Waals surface area contributed by atoms with Crippen molar-refractivity contribution in [2.24, 2.45) is 0 Å². The molecule has 4 heteroatoms. The molecule has 1 saturated heterocycles. The molecule has 0 saturated carbocycles. The van der Waals surface area contributed by atoms with E-state index in [1.807, 2.05) is 31.4 Å². The molecule has 0 spiro atoms. The molecule has 1 nitrogen and oxygen atoms in total. The molecule has 0 aromatic rings. The van der Waals surface area contributed by atoms with E-state index in [0.717, 1.165) is 12.4 Å². The quantitative estimate of drug-likeness (QED) is 0.505. The normalized spacial score (nSPS) is 25.5. The van der Waals surface area contributed by atoms with Gasteiger partial charge in [0.25, 0.3) is 0 Å². The molecule has 1 atom stereocenters. The monoisotopic (exact) mass is 196 g/mol. The molecule has 1 aliphatic rings. The van der Waals surface area contributed by atoms with Gasteiger partial charge in [0.1, 0.15) is 0 Å². The van der Waals surface area contributed by atoms with Crippen molar-refractivity contribution in [3.63, 3.8) is 0 Å². The van der Waals surface area contributed by atoms with Crippen molar-refractivity contribution in [3.8, 4) is 0 Å². The summed E-state index contributed by atoms with van der Waals surface area (Å²) in [5.74, 6) is 1.16. The van der Waals surface area contributed by atoms with Gasteiger partial charge in [-0.25, -0.2) is 0 Å². The molecule has 0 N–H and O–H groups in total. The summed E-state index contributed by atoms with van der Waals surface area (Å²) in [4.78, 5) is 0. The molecule has 1 aliphatic heterocycles. The fraction of sp³-hybridized carbons (Fsp3) is 1.00. The lowest BCUT2D eigenvalue weighted by molar-refractivity contribution is 0.129. The van der Waals surface area contributed by atoms with E-state index in [1.165, 1.54) is 12.8 Å². The van der Waals surface area contributed by atoms with Gasteiger partial charge in [-0.05, 0) is 28.9 Å². The van der Waals surface area contributed by atoms with E-state index in [1.54, 1.807) is 0 Å². The van der Waals surface area contributed by atoms with Crippen LogP contribution in [0.2, 0.25) is 0 Å². The summed E-state index contributed by atoms with van der Waals surface area (Å²) in [6, 6.07) is 0. The van der Waals surface area contributed by atoms with Crippen LogP contribution in [-0.2, 0) is 4.74 Å². The topological polar surface area (TPSA) is 9.23 Å². The van der Waals surface area contributed by atoms with E-state index in [4.69, 9.17) is 4.74 Å². The lowest BCUT2D eigenvalue weighted by Crippen LogP contribution is -2.06. The summed E-state index contributed by atoms with van der Waals surface area (Å²) in [5, 5.41) is 0. The Labute approximate surface area is 73.8 Å². The zero-order chi connectivity index (χ0) is 7.23. The highest BCUT2D eigenvalue weighted by Gasteiger charge is 2.14. The molecule has 0 aromatic heterocycles. The molecule has 10 heavy (non-hydrogen) atoms. The van der Waals surface area contributed by atoms with Crippen molar-refractivity contribution >= 4 is 31.4 Å². The highest BCUT2D eigenvalue weighted by Crippen LogP contribution is 2.34. The Morgan fingerprint density at radius 3 is 3.10 bits per heavy atom. The maximum atomic E-state index is 5.46. The summed E-state index contributed by atoms with van der Waals surface area (Å²) >= 11 is 0. The summed E-state index contributed by atoms with van der Waals surface area (Å²) < 4.78 is 5.46. The van der Waals surface area contributed by atoms with Gasteiger partial charge in [0.2, 0.25) is 0 Å². The Kier molecular flexibility index (Phi) is 5.13. The average Bonchev–Trinajstić information content (AvgIpc) is 2.41. The first-order valence-electron chi connectivity index (χ1n) is 3.37. The van der Waals surface area contributed by atoms with E-state index >= 15 is 0 Å².